The molecule has 4 heteroatoms. The lowest BCUT2D eigenvalue weighted by Gasteiger charge is -2.13. The molecule has 2 nitrogen and oxygen atoms in total. The Kier molecular flexibility index (Phi) is 2.84. The second kappa shape index (κ2) is 4.13. The SMILES string of the molecule is CC1CCC(Nc2ncc(F)cc2F)C1. The van der Waals surface area contributed by atoms with Gasteiger partial charge in [0, 0.05) is 12.1 Å². The predicted molar refractivity (Wildman–Crippen MR) is 54.6 cm³/mol. The van der Waals surface area contributed by atoms with E-state index in [0.717, 1.165) is 31.5 Å². The molecule has 1 aliphatic carbocycles. The minimum atomic E-state index is -0.641. The van der Waals surface area contributed by atoms with E-state index in [9.17, 15) is 8.78 Å². The number of halogens is 2. The molecule has 0 amide bonds. The topological polar surface area (TPSA) is 24.9 Å². The highest BCUT2D eigenvalue weighted by atomic mass is 19.1. The van der Waals surface area contributed by atoms with Gasteiger partial charge in [-0.3, -0.25) is 0 Å². The smallest absolute Gasteiger partial charge is 0.168 e. The maximum Gasteiger partial charge on any atom is 0.168 e. The Morgan fingerprint density at radius 2 is 2.20 bits per heavy atom. The average molecular weight is 212 g/mol. The minimum absolute atomic E-state index is 0.163. The van der Waals surface area contributed by atoms with E-state index < -0.39 is 11.6 Å². The number of rotatable bonds is 2. The van der Waals surface area contributed by atoms with Crippen molar-refractivity contribution in [2.75, 3.05) is 5.32 Å². The van der Waals surface area contributed by atoms with Crippen LogP contribution >= 0.6 is 0 Å². The van der Waals surface area contributed by atoms with Crippen molar-refractivity contribution in [3.05, 3.63) is 23.9 Å². The first-order valence-electron chi connectivity index (χ1n) is 5.22. The van der Waals surface area contributed by atoms with E-state index >= 15 is 0 Å². The van der Waals surface area contributed by atoms with E-state index in [1.165, 1.54) is 0 Å². The van der Waals surface area contributed by atoms with E-state index in [-0.39, 0.29) is 11.9 Å². The summed E-state index contributed by atoms with van der Waals surface area (Å²) >= 11 is 0. The fourth-order valence-corrected chi connectivity index (χ4v) is 2.05. The van der Waals surface area contributed by atoms with Crippen molar-refractivity contribution in [2.45, 2.75) is 32.2 Å². The van der Waals surface area contributed by atoms with Crippen LogP contribution in [0.1, 0.15) is 26.2 Å². The Morgan fingerprint density at radius 3 is 2.80 bits per heavy atom. The Morgan fingerprint density at radius 1 is 1.40 bits per heavy atom. The second-order valence-corrected chi connectivity index (χ2v) is 4.24. The third kappa shape index (κ3) is 2.43. The fraction of sp³-hybridized carbons (Fsp3) is 0.545. The van der Waals surface area contributed by atoms with Crippen molar-refractivity contribution in [1.82, 2.24) is 4.98 Å². The van der Waals surface area contributed by atoms with Crippen LogP contribution in [0.3, 0.4) is 0 Å². The molecule has 0 bridgehead atoms. The number of hydrogen-bond donors (Lipinski definition) is 1. The molecule has 0 radical (unpaired) electrons. The standard InChI is InChI=1S/C11H14F2N2/c1-7-2-3-9(4-7)15-11-10(13)5-8(12)6-14-11/h5-7,9H,2-4H2,1H3,(H,14,15). The first-order valence-corrected chi connectivity index (χ1v) is 5.22. The van der Waals surface area contributed by atoms with Gasteiger partial charge in [-0.05, 0) is 25.2 Å². The second-order valence-electron chi connectivity index (χ2n) is 4.24. The molecule has 0 aliphatic heterocycles. The fourth-order valence-electron chi connectivity index (χ4n) is 2.05. The van der Waals surface area contributed by atoms with Crippen LogP contribution in [0.2, 0.25) is 0 Å². The number of nitrogens with one attached hydrogen (secondary N) is 1. The largest absolute Gasteiger partial charge is 0.365 e. The normalized spacial score (nSPS) is 25.5. The molecule has 0 saturated heterocycles. The van der Waals surface area contributed by atoms with E-state index in [1.807, 2.05) is 0 Å². The van der Waals surface area contributed by atoms with E-state index in [4.69, 9.17) is 0 Å². The van der Waals surface area contributed by atoms with Crippen LogP contribution in [0.4, 0.5) is 14.6 Å². The highest BCUT2D eigenvalue weighted by Crippen LogP contribution is 2.27. The Hall–Kier alpha value is -1.19. The van der Waals surface area contributed by atoms with E-state index in [1.54, 1.807) is 0 Å². The van der Waals surface area contributed by atoms with Gasteiger partial charge in [0.2, 0.25) is 0 Å². The lowest BCUT2D eigenvalue weighted by Crippen LogP contribution is -2.17. The molecule has 15 heavy (non-hydrogen) atoms. The van der Waals surface area contributed by atoms with Crippen molar-refractivity contribution in [3.63, 3.8) is 0 Å². The Bertz CT molecular complexity index is 354. The minimum Gasteiger partial charge on any atom is -0.365 e. The van der Waals surface area contributed by atoms with Crippen LogP contribution in [-0.2, 0) is 0 Å². The predicted octanol–water partition coefficient (Wildman–Crippen LogP) is 2.96. The molecule has 2 unspecified atom stereocenters. The first kappa shape index (κ1) is 10.3. The summed E-state index contributed by atoms with van der Waals surface area (Å²) < 4.78 is 25.8. The summed E-state index contributed by atoms with van der Waals surface area (Å²) in [6.07, 6.45) is 4.24. The summed E-state index contributed by atoms with van der Waals surface area (Å²) in [7, 11) is 0. The zero-order valence-corrected chi connectivity index (χ0v) is 8.63. The highest BCUT2D eigenvalue weighted by molar-refractivity contribution is 5.37. The van der Waals surface area contributed by atoms with Crippen molar-refractivity contribution < 1.29 is 8.78 Å². The van der Waals surface area contributed by atoms with Gasteiger partial charge in [0.1, 0.15) is 5.82 Å². The zero-order chi connectivity index (χ0) is 10.8. The zero-order valence-electron chi connectivity index (χ0n) is 8.63. The monoisotopic (exact) mass is 212 g/mol. The lowest BCUT2D eigenvalue weighted by molar-refractivity contribution is 0.569. The molecular formula is C11H14F2N2. The maximum absolute atomic E-state index is 13.2. The van der Waals surface area contributed by atoms with Crippen LogP contribution in [-0.4, -0.2) is 11.0 Å². The molecule has 1 N–H and O–H groups in total. The summed E-state index contributed by atoms with van der Waals surface area (Å²) in [5.41, 5.74) is 0. The Balaban J connectivity index is 2.04. The van der Waals surface area contributed by atoms with Gasteiger partial charge >= 0.3 is 0 Å². The molecule has 2 atom stereocenters. The number of hydrogen-bond acceptors (Lipinski definition) is 2. The van der Waals surface area contributed by atoms with Gasteiger partial charge in [0.15, 0.2) is 11.6 Å². The van der Waals surface area contributed by atoms with Gasteiger partial charge in [-0.15, -0.1) is 0 Å². The number of anilines is 1. The van der Waals surface area contributed by atoms with Crippen LogP contribution < -0.4 is 5.32 Å². The quantitative estimate of drug-likeness (QED) is 0.815. The molecule has 82 valence electrons. The number of nitrogens with zero attached hydrogens (tertiary/aromatic N) is 1. The van der Waals surface area contributed by atoms with E-state index in [0.29, 0.717) is 5.92 Å². The first-order chi connectivity index (χ1) is 7.15. The summed E-state index contributed by atoms with van der Waals surface area (Å²) in [5.74, 6) is -0.422. The molecule has 1 aromatic rings. The maximum atomic E-state index is 13.2. The third-order valence-corrected chi connectivity index (χ3v) is 2.84. The molecule has 0 spiro atoms. The summed E-state index contributed by atoms with van der Waals surface area (Å²) in [5, 5.41) is 3.01. The number of aromatic nitrogens is 1. The van der Waals surface area contributed by atoms with E-state index in [2.05, 4.69) is 17.2 Å². The summed E-state index contributed by atoms with van der Waals surface area (Å²) in [6.45, 7) is 2.18. The van der Waals surface area contributed by atoms with Crippen LogP contribution in [0.25, 0.3) is 0 Å². The summed E-state index contributed by atoms with van der Waals surface area (Å²) in [6, 6.07) is 1.13. The lowest BCUT2D eigenvalue weighted by atomic mass is 10.1. The average Bonchev–Trinajstić information content (AvgIpc) is 2.56. The van der Waals surface area contributed by atoms with Crippen molar-refractivity contribution >= 4 is 5.82 Å². The molecule has 1 saturated carbocycles. The van der Waals surface area contributed by atoms with Gasteiger partial charge in [-0.1, -0.05) is 6.92 Å². The van der Waals surface area contributed by atoms with Gasteiger partial charge < -0.3 is 5.32 Å². The van der Waals surface area contributed by atoms with Gasteiger partial charge in [-0.2, -0.15) is 0 Å². The van der Waals surface area contributed by atoms with Crippen molar-refractivity contribution in [2.24, 2.45) is 5.92 Å². The van der Waals surface area contributed by atoms with Gasteiger partial charge in [-0.25, -0.2) is 13.8 Å². The molecule has 1 aromatic heterocycles. The van der Waals surface area contributed by atoms with Crippen molar-refractivity contribution in [3.8, 4) is 0 Å². The van der Waals surface area contributed by atoms with Crippen molar-refractivity contribution in [1.29, 1.82) is 0 Å². The van der Waals surface area contributed by atoms with Gasteiger partial charge in [0.25, 0.3) is 0 Å². The highest BCUT2D eigenvalue weighted by Gasteiger charge is 2.22. The molecule has 2 rings (SSSR count). The molecule has 1 heterocycles. The molecule has 1 aliphatic rings. The number of pyridine rings is 1. The van der Waals surface area contributed by atoms with Crippen LogP contribution in [0.15, 0.2) is 12.3 Å². The summed E-state index contributed by atoms with van der Waals surface area (Å²) in [4.78, 5) is 3.71. The molecular weight excluding hydrogens is 198 g/mol. The van der Waals surface area contributed by atoms with Crippen LogP contribution in [0.5, 0.6) is 0 Å². The molecule has 0 aromatic carbocycles. The van der Waals surface area contributed by atoms with Crippen LogP contribution in [0, 0.1) is 17.6 Å². The Labute approximate surface area is 87.7 Å². The molecule has 1 fully saturated rings. The van der Waals surface area contributed by atoms with Gasteiger partial charge in [0.05, 0.1) is 6.20 Å². The third-order valence-electron chi connectivity index (χ3n) is 2.84.